The van der Waals surface area contributed by atoms with Crippen LogP contribution in [0, 0.1) is 12.3 Å². The van der Waals surface area contributed by atoms with Gasteiger partial charge in [-0.15, -0.1) is 0 Å². The third kappa shape index (κ3) is 7.15. The van der Waals surface area contributed by atoms with E-state index < -0.39 is 53.8 Å². The maximum atomic E-state index is 15.3. The fraction of sp³-hybridized carbons (Fsp3) is 0.531. The van der Waals surface area contributed by atoms with Crippen LogP contribution in [0.25, 0.3) is 0 Å². The number of aliphatic hydroxyl groups is 1. The number of benzene rings is 2. The van der Waals surface area contributed by atoms with E-state index in [2.05, 4.69) is 15.5 Å². The highest BCUT2D eigenvalue weighted by Crippen LogP contribution is 2.48. The van der Waals surface area contributed by atoms with Crippen molar-refractivity contribution in [1.82, 2.24) is 20.4 Å². The van der Waals surface area contributed by atoms with Crippen molar-refractivity contribution in [3.63, 3.8) is 0 Å². The molecular formula is C32H42F2N4O5. The van der Waals surface area contributed by atoms with Gasteiger partial charge in [-0.1, -0.05) is 56.7 Å². The fourth-order valence-electron chi connectivity index (χ4n) is 5.96. The van der Waals surface area contributed by atoms with Crippen LogP contribution in [-0.4, -0.2) is 94.6 Å². The zero-order valence-electron chi connectivity index (χ0n) is 25.0. The number of nitrogens with zero attached hydrogens (tertiary/aromatic N) is 2. The number of aliphatic hydroxyl groups excluding tert-OH is 1. The first-order valence-corrected chi connectivity index (χ1v) is 14.8. The molecule has 0 saturated carbocycles. The lowest BCUT2D eigenvalue weighted by molar-refractivity contribution is -0.148. The van der Waals surface area contributed by atoms with Crippen molar-refractivity contribution in [2.24, 2.45) is 5.41 Å². The van der Waals surface area contributed by atoms with Gasteiger partial charge in [-0.2, -0.15) is 0 Å². The number of piperidine rings is 1. The molecule has 2 saturated heterocycles. The minimum Gasteiger partial charge on any atom is -0.508 e. The minimum atomic E-state index is -3.41. The molecule has 234 valence electrons. The Bertz CT molecular complexity index is 1300. The number of carbonyl (C=O) groups is 3. The van der Waals surface area contributed by atoms with E-state index in [4.69, 9.17) is 0 Å². The highest BCUT2D eigenvalue weighted by Gasteiger charge is 2.64. The summed E-state index contributed by atoms with van der Waals surface area (Å²) in [7, 11) is 0. The second-order valence-corrected chi connectivity index (χ2v) is 12.2. The highest BCUT2D eigenvalue weighted by atomic mass is 19.3. The highest BCUT2D eigenvalue weighted by molar-refractivity contribution is 5.97. The molecule has 4 rings (SSSR count). The van der Waals surface area contributed by atoms with E-state index in [1.165, 1.54) is 32.0 Å². The van der Waals surface area contributed by atoms with Gasteiger partial charge in [0.1, 0.15) is 11.8 Å². The van der Waals surface area contributed by atoms with Gasteiger partial charge in [0.2, 0.25) is 5.91 Å². The molecule has 0 aromatic heterocycles. The van der Waals surface area contributed by atoms with Crippen LogP contribution in [0.5, 0.6) is 5.75 Å². The molecule has 2 heterocycles. The van der Waals surface area contributed by atoms with Crippen molar-refractivity contribution >= 4 is 17.7 Å². The second kappa shape index (κ2) is 13.4. The fourth-order valence-corrected chi connectivity index (χ4v) is 5.96. The first-order chi connectivity index (χ1) is 20.3. The van der Waals surface area contributed by atoms with Crippen LogP contribution in [0.1, 0.15) is 54.6 Å². The van der Waals surface area contributed by atoms with Crippen molar-refractivity contribution in [3.8, 4) is 5.75 Å². The van der Waals surface area contributed by atoms with Crippen molar-refractivity contribution < 1.29 is 33.4 Å². The second-order valence-electron chi connectivity index (χ2n) is 12.2. The number of amides is 3. The molecule has 3 amide bonds. The van der Waals surface area contributed by atoms with E-state index in [9.17, 15) is 24.6 Å². The Morgan fingerprint density at radius 2 is 1.70 bits per heavy atom. The molecular weight excluding hydrogens is 558 g/mol. The Hall–Kier alpha value is -3.57. The van der Waals surface area contributed by atoms with Gasteiger partial charge in [0.15, 0.2) is 6.10 Å². The van der Waals surface area contributed by atoms with Gasteiger partial charge in [0.25, 0.3) is 17.7 Å². The Morgan fingerprint density at radius 1 is 1.02 bits per heavy atom. The Morgan fingerprint density at radius 3 is 2.37 bits per heavy atom. The Kier molecular flexibility index (Phi) is 10.1. The quantitative estimate of drug-likeness (QED) is 0.333. The normalized spacial score (nSPS) is 21.2. The van der Waals surface area contributed by atoms with Gasteiger partial charge in [-0.3, -0.25) is 14.4 Å². The van der Waals surface area contributed by atoms with E-state index in [-0.39, 0.29) is 24.3 Å². The topological polar surface area (TPSA) is 122 Å². The van der Waals surface area contributed by atoms with Gasteiger partial charge < -0.3 is 30.6 Å². The Balaban J connectivity index is 1.56. The number of nitrogens with one attached hydrogen (secondary N) is 2. The molecule has 2 aliphatic heterocycles. The van der Waals surface area contributed by atoms with Crippen molar-refractivity contribution in [1.29, 1.82) is 0 Å². The van der Waals surface area contributed by atoms with Crippen molar-refractivity contribution in [2.75, 3.05) is 32.7 Å². The largest absolute Gasteiger partial charge is 0.508 e. The third-order valence-corrected chi connectivity index (χ3v) is 8.81. The molecule has 3 atom stereocenters. The number of hydrogen-bond acceptors (Lipinski definition) is 6. The molecule has 43 heavy (non-hydrogen) atoms. The molecule has 11 heteroatoms. The molecule has 0 radical (unpaired) electrons. The number of halogens is 2. The molecule has 2 fully saturated rings. The summed E-state index contributed by atoms with van der Waals surface area (Å²) in [4.78, 5) is 43.4. The summed E-state index contributed by atoms with van der Waals surface area (Å²) in [6.45, 7) is 5.65. The maximum absolute atomic E-state index is 15.3. The first-order valence-electron chi connectivity index (χ1n) is 14.8. The van der Waals surface area contributed by atoms with Crippen LogP contribution < -0.4 is 10.6 Å². The number of phenolic OH excluding ortho intramolecular Hbond substituents is 1. The summed E-state index contributed by atoms with van der Waals surface area (Å²) in [5, 5.41) is 26.8. The van der Waals surface area contributed by atoms with E-state index in [1.807, 2.05) is 0 Å². The summed E-state index contributed by atoms with van der Waals surface area (Å²) >= 11 is 0. The first kappa shape index (κ1) is 32.3. The lowest BCUT2D eigenvalue weighted by Gasteiger charge is -2.34. The van der Waals surface area contributed by atoms with Gasteiger partial charge in [-0.05, 0) is 57.0 Å². The molecule has 2 aliphatic rings. The molecule has 2 aromatic rings. The summed E-state index contributed by atoms with van der Waals surface area (Å²) in [5.74, 6) is -5.94. The van der Waals surface area contributed by atoms with Crippen LogP contribution >= 0.6 is 0 Å². The van der Waals surface area contributed by atoms with Crippen LogP contribution in [0.2, 0.25) is 0 Å². The summed E-state index contributed by atoms with van der Waals surface area (Å²) in [6, 6.07) is 10.5. The van der Waals surface area contributed by atoms with Gasteiger partial charge in [-0.25, -0.2) is 8.78 Å². The summed E-state index contributed by atoms with van der Waals surface area (Å²) < 4.78 is 30.6. The van der Waals surface area contributed by atoms with E-state index in [1.54, 1.807) is 37.3 Å². The van der Waals surface area contributed by atoms with E-state index in [0.717, 1.165) is 37.3 Å². The molecule has 0 bridgehead atoms. The summed E-state index contributed by atoms with van der Waals surface area (Å²) in [5.41, 5.74) is -0.778. The number of hydrogen-bond donors (Lipinski definition) is 4. The minimum absolute atomic E-state index is 0.0116. The number of alkyl halides is 2. The zero-order valence-corrected chi connectivity index (χ0v) is 25.0. The Labute approximate surface area is 251 Å². The molecule has 0 aliphatic carbocycles. The number of carbonyl (C=O) groups excluding carboxylic acids is 3. The van der Waals surface area contributed by atoms with Crippen molar-refractivity contribution in [2.45, 2.75) is 70.6 Å². The molecule has 9 nitrogen and oxygen atoms in total. The average Bonchev–Trinajstić information content (AvgIpc) is 3.17. The molecule has 3 unspecified atom stereocenters. The number of rotatable bonds is 10. The number of phenols is 1. The van der Waals surface area contributed by atoms with Crippen LogP contribution in [0.4, 0.5) is 8.78 Å². The smallest absolute Gasteiger partial charge is 0.272 e. The van der Waals surface area contributed by atoms with Crippen molar-refractivity contribution in [3.05, 3.63) is 65.2 Å². The lowest BCUT2D eigenvalue weighted by atomic mass is 9.81. The average molecular weight is 601 g/mol. The van der Waals surface area contributed by atoms with Gasteiger partial charge in [0, 0.05) is 24.2 Å². The predicted molar refractivity (Wildman–Crippen MR) is 158 cm³/mol. The van der Waals surface area contributed by atoms with Crippen LogP contribution in [-0.2, 0) is 16.0 Å². The van der Waals surface area contributed by atoms with Crippen LogP contribution in [0.3, 0.4) is 0 Å². The van der Waals surface area contributed by atoms with Gasteiger partial charge in [0.05, 0.1) is 18.0 Å². The summed E-state index contributed by atoms with van der Waals surface area (Å²) in [6.07, 6.45) is 1.38. The monoisotopic (exact) mass is 600 g/mol. The standard InChI is InChI=1S/C32H42F2N4O5/c1-21-23(13-10-14-25(21)39)28(41)36-24(19-22-11-6-4-7-12-22)26(40)30(43)38-20-32(33,34)31(2,3)27(38)29(42)35-15-18-37-16-8-5-9-17-37/h4,6-7,10-14,24,26-27,39-40H,5,8-9,15-20H2,1-3H3,(H,35,42)(H,36,41). The SMILES string of the molecule is Cc1c(O)cccc1C(=O)NC(Cc1ccccc1)C(O)C(=O)N1CC(F)(F)C(C)(C)C1C(=O)NCCN1CCCCC1. The molecule has 4 N–H and O–H groups in total. The van der Waals surface area contributed by atoms with Gasteiger partial charge >= 0.3 is 0 Å². The molecule has 0 spiro atoms. The lowest BCUT2D eigenvalue weighted by Crippen LogP contribution is -2.58. The predicted octanol–water partition coefficient (Wildman–Crippen LogP) is 2.88. The number of aromatic hydroxyl groups is 1. The number of likely N-dealkylation sites (tertiary alicyclic amines) is 2. The molecule has 2 aromatic carbocycles. The zero-order chi connectivity index (χ0) is 31.4. The third-order valence-electron chi connectivity index (χ3n) is 8.81. The maximum Gasteiger partial charge on any atom is 0.272 e. The van der Waals surface area contributed by atoms with Crippen LogP contribution in [0.15, 0.2) is 48.5 Å². The van der Waals surface area contributed by atoms with E-state index in [0.29, 0.717) is 17.7 Å². The van der Waals surface area contributed by atoms with E-state index >= 15 is 8.78 Å².